The predicted molar refractivity (Wildman–Crippen MR) is 104 cm³/mol. The maximum absolute atomic E-state index is 13.1. The van der Waals surface area contributed by atoms with E-state index in [1.807, 2.05) is 19.1 Å². The molecule has 144 valence electrons. The molecule has 0 unspecified atom stereocenters. The normalized spacial score (nSPS) is 20.2. The van der Waals surface area contributed by atoms with E-state index in [2.05, 4.69) is 9.80 Å². The highest BCUT2D eigenvalue weighted by Gasteiger charge is 2.36. The summed E-state index contributed by atoms with van der Waals surface area (Å²) in [5, 5.41) is 0. The van der Waals surface area contributed by atoms with Crippen LogP contribution >= 0.6 is 0 Å². The molecule has 0 bridgehead atoms. The second-order valence-corrected chi connectivity index (χ2v) is 7.43. The third kappa shape index (κ3) is 4.67. The summed E-state index contributed by atoms with van der Waals surface area (Å²) >= 11 is 0. The number of halogens is 1. The first kappa shape index (κ1) is 19.0. The van der Waals surface area contributed by atoms with Gasteiger partial charge in [0.15, 0.2) is 5.96 Å². The Kier molecular flexibility index (Phi) is 6.35. The van der Waals surface area contributed by atoms with Crippen molar-refractivity contribution in [3.05, 3.63) is 30.1 Å². The van der Waals surface area contributed by atoms with Gasteiger partial charge in [-0.15, -0.1) is 0 Å². The number of anilines is 1. The summed E-state index contributed by atoms with van der Waals surface area (Å²) in [6, 6.07) is 6.69. The standard InChI is InChI=1S/C20H31FN4O/c1-2-26-15-10-20(8-3-9-20)16-23-19(22)25-13-11-24(12-14-25)18-6-4-17(21)5-7-18/h4-7H,2-3,8-16H2,1H3,(H2,22,23). The smallest absolute Gasteiger partial charge is 0.191 e. The fraction of sp³-hybridized carbons (Fsp3) is 0.650. The van der Waals surface area contributed by atoms with Crippen molar-refractivity contribution < 1.29 is 9.13 Å². The molecule has 0 atom stereocenters. The average Bonchev–Trinajstić information content (AvgIpc) is 2.64. The largest absolute Gasteiger partial charge is 0.382 e. The van der Waals surface area contributed by atoms with Crippen LogP contribution in [0.1, 0.15) is 32.6 Å². The van der Waals surface area contributed by atoms with Crippen molar-refractivity contribution in [2.24, 2.45) is 16.1 Å². The van der Waals surface area contributed by atoms with E-state index >= 15 is 0 Å². The van der Waals surface area contributed by atoms with Crippen molar-refractivity contribution in [3.8, 4) is 0 Å². The molecule has 0 amide bonds. The van der Waals surface area contributed by atoms with E-state index in [-0.39, 0.29) is 5.82 Å². The number of rotatable bonds is 7. The number of nitrogens with two attached hydrogens (primary N) is 1. The first-order valence-corrected chi connectivity index (χ1v) is 9.75. The van der Waals surface area contributed by atoms with Gasteiger partial charge in [-0.2, -0.15) is 0 Å². The van der Waals surface area contributed by atoms with Gasteiger partial charge >= 0.3 is 0 Å². The van der Waals surface area contributed by atoms with Gasteiger partial charge in [-0.05, 0) is 55.9 Å². The van der Waals surface area contributed by atoms with Gasteiger partial charge < -0.3 is 20.3 Å². The van der Waals surface area contributed by atoms with Crippen molar-refractivity contribution in [1.82, 2.24) is 4.90 Å². The zero-order valence-electron chi connectivity index (χ0n) is 15.8. The van der Waals surface area contributed by atoms with Gasteiger partial charge in [0.2, 0.25) is 0 Å². The van der Waals surface area contributed by atoms with E-state index in [9.17, 15) is 4.39 Å². The topological polar surface area (TPSA) is 54.1 Å². The summed E-state index contributed by atoms with van der Waals surface area (Å²) in [5.74, 6) is 0.462. The van der Waals surface area contributed by atoms with Crippen LogP contribution in [0, 0.1) is 11.2 Å². The zero-order chi connectivity index (χ0) is 18.4. The van der Waals surface area contributed by atoms with E-state index in [0.717, 1.165) is 58.0 Å². The monoisotopic (exact) mass is 362 g/mol. The minimum atomic E-state index is -0.196. The summed E-state index contributed by atoms with van der Waals surface area (Å²) in [6.45, 7) is 7.88. The number of guanidine groups is 1. The molecule has 3 rings (SSSR count). The number of hydrogen-bond acceptors (Lipinski definition) is 3. The molecule has 2 fully saturated rings. The summed E-state index contributed by atoms with van der Waals surface area (Å²) < 4.78 is 18.6. The number of ether oxygens (including phenoxy) is 1. The molecular weight excluding hydrogens is 331 g/mol. The first-order valence-electron chi connectivity index (χ1n) is 9.75. The molecule has 1 saturated heterocycles. The van der Waals surface area contributed by atoms with E-state index in [1.165, 1.54) is 31.4 Å². The molecule has 0 aromatic heterocycles. The van der Waals surface area contributed by atoms with Gasteiger partial charge in [0.05, 0.1) is 0 Å². The average molecular weight is 362 g/mol. The molecule has 1 saturated carbocycles. The highest BCUT2D eigenvalue weighted by molar-refractivity contribution is 5.78. The van der Waals surface area contributed by atoms with Crippen molar-refractivity contribution in [2.75, 3.05) is 50.8 Å². The Morgan fingerprint density at radius 3 is 2.46 bits per heavy atom. The Bertz CT molecular complexity index is 592. The van der Waals surface area contributed by atoms with Crippen molar-refractivity contribution in [1.29, 1.82) is 0 Å². The van der Waals surface area contributed by atoms with Crippen LogP contribution in [0.4, 0.5) is 10.1 Å². The zero-order valence-corrected chi connectivity index (χ0v) is 15.8. The molecule has 1 heterocycles. The van der Waals surface area contributed by atoms with E-state index in [0.29, 0.717) is 11.4 Å². The number of aliphatic imine (C=N–C) groups is 1. The SMILES string of the molecule is CCOCCC1(CN=C(N)N2CCN(c3ccc(F)cc3)CC2)CCC1. The van der Waals surface area contributed by atoms with Crippen LogP contribution < -0.4 is 10.6 Å². The third-order valence-corrected chi connectivity index (χ3v) is 5.77. The van der Waals surface area contributed by atoms with Crippen molar-refractivity contribution in [2.45, 2.75) is 32.6 Å². The van der Waals surface area contributed by atoms with Crippen LogP contribution in [0.15, 0.2) is 29.3 Å². The summed E-state index contributed by atoms with van der Waals surface area (Å²) in [5.41, 5.74) is 7.63. The lowest BCUT2D eigenvalue weighted by molar-refractivity contribution is 0.0608. The van der Waals surface area contributed by atoms with Crippen molar-refractivity contribution >= 4 is 11.6 Å². The van der Waals surface area contributed by atoms with Gasteiger partial charge in [0.25, 0.3) is 0 Å². The molecule has 2 N–H and O–H groups in total. The van der Waals surface area contributed by atoms with Crippen LogP contribution in [0.2, 0.25) is 0 Å². The molecule has 26 heavy (non-hydrogen) atoms. The highest BCUT2D eigenvalue weighted by Crippen LogP contribution is 2.44. The summed E-state index contributed by atoms with van der Waals surface area (Å²) in [4.78, 5) is 9.15. The Morgan fingerprint density at radius 2 is 1.88 bits per heavy atom. The van der Waals surface area contributed by atoms with E-state index in [4.69, 9.17) is 15.5 Å². The molecule has 1 aromatic rings. The maximum atomic E-state index is 13.1. The molecule has 2 aliphatic rings. The minimum absolute atomic E-state index is 0.196. The van der Waals surface area contributed by atoms with E-state index < -0.39 is 0 Å². The number of hydrogen-bond donors (Lipinski definition) is 1. The number of benzene rings is 1. The van der Waals surface area contributed by atoms with Crippen LogP contribution in [0.5, 0.6) is 0 Å². The second kappa shape index (κ2) is 8.71. The number of piperazine rings is 1. The van der Waals surface area contributed by atoms with Crippen LogP contribution in [0.25, 0.3) is 0 Å². The second-order valence-electron chi connectivity index (χ2n) is 7.43. The molecule has 1 aromatic carbocycles. The lowest BCUT2D eigenvalue weighted by Crippen LogP contribution is -2.51. The lowest BCUT2D eigenvalue weighted by Gasteiger charge is -2.41. The van der Waals surface area contributed by atoms with Gasteiger partial charge in [-0.1, -0.05) is 6.42 Å². The Labute approximate surface area is 156 Å². The molecule has 5 nitrogen and oxygen atoms in total. The van der Waals surface area contributed by atoms with Gasteiger partial charge in [0, 0.05) is 51.6 Å². The first-order chi connectivity index (χ1) is 12.6. The number of nitrogens with zero attached hydrogens (tertiary/aromatic N) is 3. The van der Waals surface area contributed by atoms with Gasteiger partial charge in [-0.3, -0.25) is 4.99 Å². The van der Waals surface area contributed by atoms with E-state index in [1.54, 1.807) is 0 Å². The lowest BCUT2D eigenvalue weighted by atomic mass is 9.67. The summed E-state index contributed by atoms with van der Waals surface area (Å²) in [6.07, 6.45) is 4.83. The predicted octanol–water partition coefficient (Wildman–Crippen LogP) is 2.86. The quantitative estimate of drug-likeness (QED) is 0.460. The van der Waals surface area contributed by atoms with Crippen LogP contribution in [-0.4, -0.2) is 56.8 Å². The molecular formula is C20H31FN4O. The van der Waals surface area contributed by atoms with Gasteiger partial charge in [-0.25, -0.2) is 4.39 Å². The molecule has 1 aliphatic heterocycles. The fourth-order valence-corrected chi connectivity index (χ4v) is 3.79. The Balaban J connectivity index is 1.49. The molecule has 1 aliphatic carbocycles. The maximum Gasteiger partial charge on any atom is 0.191 e. The van der Waals surface area contributed by atoms with Crippen LogP contribution in [0.3, 0.4) is 0 Å². The summed E-state index contributed by atoms with van der Waals surface area (Å²) in [7, 11) is 0. The van der Waals surface area contributed by atoms with Gasteiger partial charge in [0.1, 0.15) is 5.82 Å². The molecule has 0 spiro atoms. The third-order valence-electron chi connectivity index (χ3n) is 5.77. The Hall–Kier alpha value is -1.82. The van der Waals surface area contributed by atoms with Crippen LogP contribution in [-0.2, 0) is 4.74 Å². The highest BCUT2D eigenvalue weighted by atomic mass is 19.1. The minimum Gasteiger partial charge on any atom is -0.382 e. The van der Waals surface area contributed by atoms with Crippen molar-refractivity contribution in [3.63, 3.8) is 0 Å². The Morgan fingerprint density at radius 1 is 1.19 bits per heavy atom. The fourth-order valence-electron chi connectivity index (χ4n) is 3.79. The molecule has 0 radical (unpaired) electrons. The molecule has 6 heteroatoms.